The van der Waals surface area contributed by atoms with Crippen LogP contribution in [0.15, 0.2) is 36.4 Å². The fourth-order valence-corrected chi connectivity index (χ4v) is 3.54. The number of nitrogens with zero attached hydrogens (tertiary/aromatic N) is 1. The third-order valence-corrected chi connectivity index (χ3v) is 4.86. The van der Waals surface area contributed by atoms with Crippen LogP contribution in [0.3, 0.4) is 0 Å². The normalized spacial score (nSPS) is 13.9. The number of carbonyl (C=O) groups excluding carboxylic acids is 1. The lowest BCUT2D eigenvalue weighted by Crippen LogP contribution is -2.34. The molecule has 0 radical (unpaired) electrons. The smallest absolute Gasteiger partial charge is 0.296 e. The van der Waals surface area contributed by atoms with Crippen molar-refractivity contribution in [2.45, 2.75) is 19.4 Å². The molecule has 3 N–H and O–H groups in total. The van der Waals surface area contributed by atoms with Crippen molar-refractivity contribution in [1.82, 2.24) is 0 Å². The summed E-state index contributed by atoms with van der Waals surface area (Å²) in [6, 6.07) is 10.4. The number of hydrogen-bond acceptors (Lipinski definition) is 5. The van der Waals surface area contributed by atoms with Gasteiger partial charge in [0.15, 0.2) is 11.5 Å². The van der Waals surface area contributed by atoms with Gasteiger partial charge in [-0.05, 0) is 35.7 Å². The molecule has 1 aliphatic heterocycles. The van der Waals surface area contributed by atoms with Crippen molar-refractivity contribution in [1.29, 1.82) is 0 Å². The summed E-state index contributed by atoms with van der Waals surface area (Å²) in [5.41, 5.74) is 3.01. The molecule has 0 saturated carbocycles. The van der Waals surface area contributed by atoms with Gasteiger partial charge in [-0.25, -0.2) is 5.14 Å². The van der Waals surface area contributed by atoms with Crippen molar-refractivity contribution in [3.05, 3.63) is 47.5 Å². The van der Waals surface area contributed by atoms with Crippen LogP contribution in [0, 0.1) is 0 Å². The van der Waals surface area contributed by atoms with Crippen molar-refractivity contribution < 1.29 is 22.7 Å². The van der Waals surface area contributed by atoms with E-state index in [0.29, 0.717) is 36.6 Å². The Hall–Kier alpha value is -2.78. The van der Waals surface area contributed by atoms with E-state index in [1.54, 1.807) is 43.4 Å². The lowest BCUT2D eigenvalue weighted by molar-refractivity contribution is -0.119. The zero-order chi connectivity index (χ0) is 19.6. The monoisotopic (exact) mass is 391 g/mol. The topological polar surface area (TPSA) is 111 Å². The summed E-state index contributed by atoms with van der Waals surface area (Å²) in [5, 5.41) is 4.96. The molecule has 0 aliphatic carbocycles. The van der Waals surface area contributed by atoms with E-state index in [4.69, 9.17) is 14.6 Å². The van der Waals surface area contributed by atoms with Gasteiger partial charge in [0.1, 0.15) is 0 Å². The molecule has 8 nitrogen and oxygen atoms in total. The fraction of sp³-hybridized carbons (Fsp3) is 0.278. The summed E-state index contributed by atoms with van der Waals surface area (Å²) in [7, 11) is -0.692. The van der Waals surface area contributed by atoms with Crippen LogP contribution in [0.2, 0.25) is 0 Å². The SMILES string of the molecule is COc1cc2c(cc1OC)N(Cc1ccc(NS(N)(=O)=O)cc1)C(=O)CC2. The zero-order valence-electron chi connectivity index (χ0n) is 15.1. The number of rotatable bonds is 6. The minimum Gasteiger partial charge on any atom is -0.493 e. The Balaban J connectivity index is 1.88. The van der Waals surface area contributed by atoms with E-state index in [-0.39, 0.29) is 5.91 Å². The van der Waals surface area contributed by atoms with Crippen molar-refractivity contribution in [3.63, 3.8) is 0 Å². The average Bonchev–Trinajstić information content (AvgIpc) is 2.63. The van der Waals surface area contributed by atoms with E-state index in [2.05, 4.69) is 4.72 Å². The Morgan fingerprint density at radius 3 is 2.30 bits per heavy atom. The number of ether oxygens (including phenoxy) is 2. The third kappa shape index (κ3) is 4.32. The molecule has 0 fully saturated rings. The number of fused-ring (bicyclic) bond motifs is 1. The first-order valence-electron chi connectivity index (χ1n) is 8.25. The van der Waals surface area contributed by atoms with E-state index in [9.17, 15) is 13.2 Å². The number of methoxy groups -OCH3 is 2. The largest absolute Gasteiger partial charge is 0.493 e. The predicted molar refractivity (Wildman–Crippen MR) is 102 cm³/mol. The number of carbonyl (C=O) groups is 1. The lowest BCUT2D eigenvalue weighted by Gasteiger charge is -2.30. The first-order valence-corrected chi connectivity index (χ1v) is 9.80. The van der Waals surface area contributed by atoms with Gasteiger partial charge in [0, 0.05) is 18.2 Å². The lowest BCUT2D eigenvalue weighted by atomic mass is 9.99. The van der Waals surface area contributed by atoms with E-state index in [1.165, 1.54) is 0 Å². The molecular weight excluding hydrogens is 370 g/mol. The van der Waals surface area contributed by atoms with E-state index >= 15 is 0 Å². The first-order chi connectivity index (χ1) is 12.8. The summed E-state index contributed by atoms with van der Waals surface area (Å²) < 4.78 is 35.1. The van der Waals surface area contributed by atoms with Crippen LogP contribution in [0.1, 0.15) is 17.5 Å². The maximum Gasteiger partial charge on any atom is 0.296 e. The Bertz CT molecular complexity index is 958. The molecule has 0 aromatic heterocycles. The summed E-state index contributed by atoms with van der Waals surface area (Å²) in [6.45, 7) is 0.358. The van der Waals surface area contributed by atoms with Crippen molar-refractivity contribution in [3.8, 4) is 11.5 Å². The van der Waals surface area contributed by atoms with Crippen LogP contribution in [0.4, 0.5) is 11.4 Å². The fourth-order valence-electron chi connectivity index (χ4n) is 3.07. The minimum absolute atomic E-state index is 0.0152. The van der Waals surface area contributed by atoms with Crippen molar-refractivity contribution in [2.24, 2.45) is 5.14 Å². The molecular formula is C18H21N3O5S. The molecule has 144 valence electrons. The van der Waals surface area contributed by atoms with E-state index in [1.807, 2.05) is 12.1 Å². The highest BCUT2D eigenvalue weighted by atomic mass is 32.2. The number of amides is 1. The Labute approximate surface area is 158 Å². The number of aryl methyl sites for hydroxylation is 1. The molecule has 1 aliphatic rings. The highest BCUT2D eigenvalue weighted by Gasteiger charge is 2.26. The molecule has 3 rings (SSSR count). The molecule has 0 spiro atoms. The van der Waals surface area contributed by atoms with E-state index in [0.717, 1.165) is 16.8 Å². The van der Waals surface area contributed by atoms with Crippen LogP contribution in [-0.4, -0.2) is 28.5 Å². The average molecular weight is 391 g/mol. The predicted octanol–water partition coefficient (Wildman–Crippen LogP) is 1.80. The van der Waals surface area contributed by atoms with Crippen LogP contribution in [0.5, 0.6) is 11.5 Å². The molecule has 0 saturated heterocycles. The van der Waals surface area contributed by atoms with Crippen LogP contribution in [-0.2, 0) is 28.0 Å². The maximum atomic E-state index is 12.5. The molecule has 1 amide bonds. The number of nitrogens with one attached hydrogen (secondary N) is 1. The highest BCUT2D eigenvalue weighted by Crippen LogP contribution is 2.38. The number of hydrogen-bond donors (Lipinski definition) is 2. The second kappa shape index (κ2) is 7.45. The first kappa shape index (κ1) is 19.0. The minimum atomic E-state index is -3.82. The highest BCUT2D eigenvalue weighted by molar-refractivity contribution is 7.90. The van der Waals surface area contributed by atoms with Gasteiger partial charge in [0.05, 0.1) is 26.5 Å². The summed E-state index contributed by atoms with van der Waals surface area (Å²) >= 11 is 0. The quantitative estimate of drug-likeness (QED) is 0.780. The van der Waals surface area contributed by atoms with Gasteiger partial charge in [-0.2, -0.15) is 8.42 Å². The Kier molecular flexibility index (Phi) is 5.24. The van der Waals surface area contributed by atoms with Crippen LogP contribution in [0.25, 0.3) is 0 Å². The van der Waals surface area contributed by atoms with Gasteiger partial charge < -0.3 is 14.4 Å². The van der Waals surface area contributed by atoms with Gasteiger partial charge in [-0.15, -0.1) is 0 Å². The van der Waals surface area contributed by atoms with Gasteiger partial charge in [-0.3, -0.25) is 9.52 Å². The van der Waals surface area contributed by atoms with E-state index < -0.39 is 10.2 Å². The standard InChI is InChI=1S/C18H21N3O5S/c1-25-16-9-13-5-8-18(22)21(15(13)10-17(16)26-2)11-12-3-6-14(7-4-12)20-27(19,23)24/h3-4,6-7,9-10,20H,5,8,11H2,1-2H3,(H2,19,23,24). The molecule has 0 atom stereocenters. The van der Waals surface area contributed by atoms with Gasteiger partial charge in [-0.1, -0.05) is 12.1 Å². The molecule has 27 heavy (non-hydrogen) atoms. The Morgan fingerprint density at radius 1 is 1.07 bits per heavy atom. The summed E-state index contributed by atoms with van der Waals surface area (Å²) in [5.74, 6) is 1.20. The number of benzene rings is 2. The number of anilines is 2. The maximum absolute atomic E-state index is 12.5. The molecule has 1 heterocycles. The van der Waals surface area contributed by atoms with Crippen molar-refractivity contribution >= 4 is 27.5 Å². The van der Waals surface area contributed by atoms with Gasteiger partial charge >= 0.3 is 0 Å². The van der Waals surface area contributed by atoms with Crippen molar-refractivity contribution in [2.75, 3.05) is 23.8 Å². The van der Waals surface area contributed by atoms with Crippen LogP contribution < -0.4 is 24.2 Å². The molecule has 2 aromatic rings. The van der Waals surface area contributed by atoms with Gasteiger partial charge in [0.25, 0.3) is 10.2 Å². The summed E-state index contributed by atoms with van der Waals surface area (Å²) in [6.07, 6.45) is 1.05. The zero-order valence-corrected chi connectivity index (χ0v) is 15.9. The molecule has 0 bridgehead atoms. The Morgan fingerprint density at radius 2 is 1.70 bits per heavy atom. The van der Waals surface area contributed by atoms with Crippen LogP contribution >= 0.6 is 0 Å². The summed E-state index contributed by atoms with van der Waals surface area (Å²) in [4.78, 5) is 14.2. The molecule has 9 heteroatoms. The van der Waals surface area contributed by atoms with Gasteiger partial charge in [0.2, 0.25) is 5.91 Å². The second-order valence-electron chi connectivity index (χ2n) is 6.16. The number of nitrogens with two attached hydrogens (primary N) is 1. The molecule has 0 unspecified atom stereocenters. The second-order valence-corrected chi connectivity index (χ2v) is 7.45. The molecule has 2 aromatic carbocycles. The third-order valence-electron chi connectivity index (χ3n) is 4.34.